The molecule has 6 heterocycles. The number of para-hydroxylation sites is 1. The van der Waals surface area contributed by atoms with Crippen LogP contribution in [-0.4, -0.2) is 192 Å². The minimum absolute atomic E-state index is 0.0103. The first-order valence-electron chi connectivity index (χ1n) is 23.1. The molecule has 7 amide bonds. The molecule has 0 saturated carbocycles. The summed E-state index contributed by atoms with van der Waals surface area (Å²) < 4.78 is 16.6. The van der Waals surface area contributed by atoms with Crippen molar-refractivity contribution in [3.05, 3.63) is 76.5 Å². The number of thiazole rings is 1. The number of nitrogens with two attached hydrogens (primary N) is 1. The SMILES string of the molecule is CN[C@H]1CN(C(=O)c2cnc(N)s2)C2CNC(=O)[C@H](CCC[I-]CN3CCC(CN4CC5N(C(=O)N(C)C)C[C@H](NCc6ccccc6F)C(=O)N5[C@@H](Cc5ccccc5O)C4=O)CC3)N2C1=O. The third kappa shape index (κ3) is 10.5. The van der Waals surface area contributed by atoms with Crippen LogP contribution >= 0.6 is 11.3 Å². The van der Waals surface area contributed by atoms with Gasteiger partial charge < -0.3 is 10.4 Å². The van der Waals surface area contributed by atoms with Crippen LogP contribution in [0.5, 0.6) is 5.75 Å². The van der Waals surface area contributed by atoms with E-state index < -0.39 is 42.3 Å². The molecule has 2 unspecified atom stereocenters. The number of piperidine rings is 1. The van der Waals surface area contributed by atoms with Crippen molar-refractivity contribution in [1.82, 2.24) is 55.2 Å². The number of nitrogens with zero attached hydrogens (tertiary/aromatic N) is 8. The number of alkyl halides is 2. The number of amides is 7. The fourth-order valence-corrected chi connectivity index (χ4v) is 13.4. The average molecular weight is 1070 g/mol. The number of halogens is 2. The fourth-order valence-electron chi connectivity index (χ4n) is 10.0. The van der Waals surface area contributed by atoms with Crippen LogP contribution < -0.4 is 42.9 Å². The number of aromatic hydroxyl groups is 1. The van der Waals surface area contributed by atoms with E-state index in [-0.39, 0.29) is 113 Å². The molecule has 2 aromatic carbocycles. The van der Waals surface area contributed by atoms with E-state index >= 15 is 0 Å². The fraction of sp³-hybridized carbons (Fsp3) is 0.543. The Morgan fingerprint density at radius 1 is 0.926 bits per heavy atom. The summed E-state index contributed by atoms with van der Waals surface area (Å²) in [5.41, 5.74) is 6.69. The first-order chi connectivity index (χ1) is 32.7. The number of hydrogen-bond donors (Lipinski definition) is 5. The molecule has 68 heavy (non-hydrogen) atoms. The van der Waals surface area contributed by atoms with E-state index in [0.29, 0.717) is 29.0 Å². The predicted octanol–water partition coefficient (Wildman–Crippen LogP) is -2.43. The third-order valence-electron chi connectivity index (χ3n) is 13.7. The number of carbonyl (C=O) groups excluding carboxylic acids is 6. The van der Waals surface area contributed by atoms with Crippen LogP contribution in [0.15, 0.2) is 54.7 Å². The van der Waals surface area contributed by atoms with E-state index in [2.05, 4.69) is 25.8 Å². The van der Waals surface area contributed by atoms with Crippen molar-refractivity contribution in [2.75, 3.05) is 81.7 Å². The Hall–Kier alpha value is -5.17. The van der Waals surface area contributed by atoms with Gasteiger partial charge in [0.15, 0.2) is 0 Å². The first-order valence-corrected chi connectivity index (χ1v) is 27.0. The number of rotatable bonds is 15. The van der Waals surface area contributed by atoms with Crippen LogP contribution in [0.2, 0.25) is 0 Å². The molecule has 0 bridgehead atoms. The Morgan fingerprint density at radius 3 is 2.31 bits per heavy atom. The van der Waals surface area contributed by atoms with Crippen LogP contribution in [0.25, 0.3) is 0 Å². The number of aromatic nitrogens is 1. The number of phenols is 1. The quantitative estimate of drug-likeness (QED) is 0.0465. The van der Waals surface area contributed by atoms with Crippen LogP contribution in [0.4, 0.5) is 14.3 Å². The topological polar surface area (TPSA) is 220 Å². The number of likely N-dealkylation sites (N-methyl/N-ethyl adjacent to an activating group) is 1. The summed E-state index contributed by atoms with van der Waals surface area (Å²) in [5.74, 6) is -1.49. The number of anilines is 1. The molecule has 22 heteroatoms. The van der Waals surface area contributed by atoms with Gasteiger partial charge in [-0.1, -0.05) is 30.3 Å². The zero-order valence-electron chi connectivity index (χ0n) is 38.6. The van der Waals surface area contributed by atoms with E-state index in [9.17, 15) is 38.3 Å². The minimum atomic E-state index is -0.997. The van der Waals surface area contributed by atoms with Gasteiger partial charge in [-0.05, 0) is 12.1 Å². The predicted molar refractivity (Wildman–Crippen MR) is 247 cm³/mol. The van der Waals surface area contributed by atoms with Crippen molar-refractivity contribution in [3.8, 4) is 5.75 Å². The van der Waals surface area contributed by atoms with E-state index in [1.165, 1.54) is 22.1 Å². The zero-order chi connectivity index (χ0) is 48.2. The van der Waals surface area contributed by atoms with Gasteiger partial charge in [-0.25, -0.2) is 4.39 Å². The summed E-state index contributed by atoms with van der Waals surface area (Å²) in [6.07, 6.45) is 3.11. The van der Waals surface area contributed by atoms with Gasteiger partial charge in [0.1, 0.15) is 5.82 Å². The van der Waals surface area contributed by atoms with E-state index in [0.717, 1.165) is 52.7 Å². The number of carbonyl (C=O) groups is 6. The molecule has 8 rings (SSSR count). The van der Waals surface area contributed by atoms with Gasteiger partial charge in [-0.15, -0.1) is 0 Å². The molecule has 3 aromatic rings. The molecule has 19 nitrogen and oxygen atoms in total. The Morgan fingerprint density at radius 2 is 1.62 bits per heavy atom. The van der Waals surface area contributed by atoms with Gasteiger partial charge >= 0.3 is 322 Å². The number of urea groups is 1. The molecule has 6 N–H and O–H groups in total. The number of fused-ring (bicyclic) bond motifs is 2. The van der Waals surface area contributed by atoms with Crippen molar-refractivity contribution >= 4 is 52.0 Å². The number of piperazine rings is 2. The summed E-state index contributed by atoms with van der Waals surface area (Å²) in [6, 6.07) is 9.48. The second-order valence-corrected chi connectivity index (χ2v) is 22.1. The molecule has 5 aliphatic rings. The average Bonchev–Trinajstić information content (AvgIpc) is 3.77. The Balaban J connectivity index is 0.873. The first kappa shape index (κ1) is 49.3. The molecule has 368 valence electrons. The summed E-state index contributed by atoms with van der Waals surface area (Å²) in [5, 5.41) is 20.3. The van der Waals surface area contributed by atoms with Gasteiger partial charge in [-0.2, -0.15) is 0 Å². The van der Waals surface area contributed by atoms with Crippen molar-refractivity contribution in [3.63, 3.8) is 0 Å². The monoisotopic (exact) mass is 1070 g/mol. The number of nitrogens with one attached hydrogen (secondary N) is 3. The molecule has 0 radical (unpaired) electrons. The van der Waals surface area contributed by atoms with Gasteiger partial charge in [0, 0.05) is 26.2 Å². The van der Waals surface area contributed by atoms with E-state index in [4.69, 9.17) is 5.73 Å². The second kappa shape index (κ2) is 21.6. The third-order valence-corrected chi connectivity index (χ3v) is 17.5. The Labute approximate surface area is 409 Å². The number of benzene rings is 2. The van der Waals surface area contributed by atoms with E-state index in [1.54, 1.807) is 83.2 Å². The van der Waals surface area contributed by atoms with Gasteiger partial charge in [0.2, 0.25) is 0 Å². The maximum absolute atomic E-state index is 14.7. The maximum atomic E-state index is 14.7. The Kier molecular flexibility index (Phi) is 15.7. The number of phenolic OH excluding ortho intramolecular Hbond substituents is 1. The van der Waals surface area contributed by atoms with Gasteiger partial charge in [0.25, 0.3) is 0 Å². The summed E-state index contributed by atoms with van der Waals surface area (Å²) in [4.78, 5) is 100. The van der Waals surface area contributed by atoms with E-state index in [1.807, 2.05) is 0 Å². The molecule has 6 atom stereocenters. The van der Waals surface area contributed by atoms with Gasteiger partial charge in [0.05, 0.1) is 0 Å². The van der Waals surface area contributed by atoms with Crippen LogP contribution in [-0.2, 0) is 32.1 Å². The molecule has 5 aliphatic heterocycles. The molecule has 1 aromatic heterocycles. The molecule has 0 spiro atoms. The number of hydrogen-bond acceptors (Lipinski definition) is 13. The van der Waals surface area contributed by atoms with Crippen molar-refractivity contribution < 1.29 is 59.5 Å². The second-order valence-electron chi connectivity index (χ2n) is 18.2. The summed E-state index contributed by atoms with van der Waals surface area (Å²) >= 11 is 0.839. The van der Waals surface area contributed by atoms with Crippen LogP contribution in [0.1, 0.15) is 46.5 Å². The molecule has 5 saturated heterocycles. The normalized spacial score (nSPS) is 24.9. The zero-order valence-corrected chi connectivity index (χ0v) is 41.5. The molecule has 0 aliphatic carbocycles. The van der Waals surface area contributed by atoms with Crippen molar-refractivity contribution in [2.24, 2.45) is 5.92 Å². The molecular formula is C46H61FIN12O7S-. The van der Waals surface area contributed by atoms with Gasteiger partial charge in [-0.3, -0.25) is 0 Å². The van der Waals surface area contributed by atoms with Crippen LogP contribution in [0.3, 0.4) is 0 Å². The summed E-state index contributed by atoms with van der Waals surface area (Å²) in [6.45, 7) is 2.72. The molecular weight excluding hydrogens is 1010 g/mol. The summed E-state index contributed by atoms with van der Waals surface area (Å²) in [7, 11) is 4.97. The van der Waals surface area contributed by atoms with Crippen molar-refractivity contribution in [2.45, 2.75) is 75.1 Å². The van der Waals surface area contributed by atoms with Crippen LogP contribution in [0, 0.1) is 11.7 Å². The van der Waals surface area contributed by atoms with Crippen molar-refractivity contribution in [1.29, 1.82) is 0 Å². The molecule has 5 fully saturated rings. The standard InChI is InChI=1S/C46H61FIN12O7S/c1-50-32-24-57(44(66)37-21-53-45(49)68-37)38-22-52-40(62)34(59(38)41(32)63)12-8-16-48-27-55-17-14-28(15-18-55)23-56-26-39-58(46(67)54(2)3)25-33(51-20-30-10-4-6-11-31(30)47)42(64)60(39)35(43(56)65)19-29-9-5-7-13-36(29)61/h4-7,9-11,13,21,28,32-35,38-39,50-51,61H,8,12,14-20,22-27H2,1-3H3,(H2,49,53)(H,52,62)/q-1/t32-,33-,34-,35-,38?,39?/m0/s1. The number of likely N-dealkylation sites (tertiary alicyclic amines) is 1. The Bertz CT molecular complexity index is 2350. The number of nitrogen functional groups attached to an aromatic ring is 1.